The molecule has 3 heteroatoms. The van der Waals surface area contributed by atoms with Crippen LogP contribution in [0.3, 0.4) is 0 Å². The maximum atomic E-state index is 4.98. The lowest BCUT2D eigenvalue weighted by Crippen LogP contribution is -2.17. The number of rotatable bonds is 4. The lowest BCUT2D eigenvalue weighted by Gasteiger charge is -2.11. The van der Waals surface area contributed by atoms with Crippen LogP contribution in [-0.4, -0.2) is 18.6 Å². The Labute approximate surface area is 79.1 Å². The maximum Gasteiger partial charge on any atom is 0.212 e. The Kier molecular flexibility index (Phi) is 3.71. The fourth-order valence-electron chi connectivity index (χ4n) is 1.19. The fourth-order valence-corrected chi connectivity index (χ4v) is 1.19. The first kappa shape index (κ1) is 9.99. The molecular weight excluding hydrogens is 164 g/mol. The molecule has 1 N–H and O–H groups in total. The Bertz CT molecular complexity index is 246. The number of nitrogens with zero attached hydrogens (tertiary/aromatic N) is 1. The third kappa shape index (κ3) is 2.70. The molecule has 1 unspecified atom stereocenters. The zero-order valence-electron chi connectivity index (χ0n) is 8.37. The first-order chi connectivity index (χ1) is 6.27. The van der Waals surface area contributed by atoms with Gasteiger partial charge in [0, 0.05) is 18.3 Å². The molecule has 1 aromatic rings. The normalized spacial score (nSPS) is 12.5. The van der Waals surface area contributed by atoms with Crippen molar-refractivity contribution in [2.75, 3.05) is 13.7 Å². The fraction of sp³-hybridized carbons (Fsp3) is 0.500. The summed E-state index contributed by atoms with van der Waals surface area (Å²) in [5, 5.41) is 3.32. The molecule has 1 rings (SSSR count). The number of pyridine rings is 1. The summed E-state index contributed by atoms with van der Waals surface area (Å²) >= 11 is 0. The molecule has 1 heterocycles. The molecule has 0 fully saturated rings. The Morgan fingerprint density at radius 1 is 1.54 bits per heavy atom. The molecule has 0 amide bonds. The second kappa shape index (κ2) is 4.82. The Morgan fingerprint density at radius 3 is 2.77 bits per heavy atom. The van der Waals surface area contributed by atoms with Crippen molar-refractivity contribution in [3.8, 4) is 5.88 Å². The topological polar surface area (TPSA) is 34.1 Å². The van der Waals surface area contributed by atoms with E-state index in [0.29, 0.717) is 11.9 Å². The Hall–Kier alpha value is -1.09. The van der Waals surface area contributed by atoms with Crippen molar-refractivity contribution >= 4 is 0 Å². The highest BCUT2D eigenvalue weighted by molar-refractivity contribution is 5.20. The van der Waals surface area contributed by atoms with Gasteiger partial charge >= 0.3 is 0 Å². The molecule has 0 saturated carbocycles. The van der Waals surface area contributed by atoms with Gasteiger partial charge in [0.1, 0.15) is 0 Å². The van der Waals surface area contributed by atoms with E-state index in [1.807, 2.05) is 18.3 Å². The zero-order valence-corrected chi connectivity index (χ0v) is 8.37. The number of nitrogens with one attached hydrogen (secondary N) is 1. The third-order valence-corrected chi connectivity index (χ3v) is 1.98. The molecule has 13 heavy (non-hydrogen) atoms. The van der Waals surface area contributed by atoms with E-state index in [4.69, 9.17) is 4.74 Å². The van der Waals surface area contributed by atoms with Crippen LogP contribution in [0.5, 0.6) is 5.88 Å². The van der Waals surface area contributed by atoms with Crippen molar-refractivity contribution in [2.24, 2.45) is 0 Å². The Morgan fingerprint density at radius 2 is 2.31 bits per heavy atom. The van der Waals surface area contributed by atoms with Crippen molar-refractivity contribution in [1.29, 1.82) is 0 Å². The molecule has 1 atom stereocenters. The molecule has 0 aliphatic rings. The van der Waals surface area contributed by atoms with E-state index in [0.717, 1.165) is 6.54 Å². The SMILES string of the molecule is CCNC(C)c1ccc(OC)nc1. The van der Waals surface area contributed by atoms with E-state index < -0.39 is 0 Å². The van der Waals surface area contributed by atoms with Gasteiger partial charge in [0.2, 0.25) is 5.88 Å². The highest BCUT2D eigenvalue weighted by Gasteiger charge is 2.03. The summed E-state index contributed by atoms with van der Waals surface area (Å²) < 4.78 is 4.98. The molecule has 3 nitrogen and oxygen atoms in total. The first-order valence-corrected chi connectivity index (χ1v) is 4.51. The van der Waals surface area contributed by atoms with Gasteiger partial charge in [-0.05, 0) is 19.0 Å². The molecular formula is C10H16N2O. The summed E-state index contributed by atoms with van der Waals surface area (Å²) in [7, 11) is 1.62. The summed E-state index contributed by atoms with van der Waals surface area (Å²) in [4.78, 5) is 4.14. The van der Waals surface area contributed by atoms with Gasteiger partial charge in [-0.1, -0.05) is 13.0 Å². The summed E-state index contributed by atoms with van der Waals surface area (Å²) in [5.74, 6) is 0.660. The van der Waals surface area contributed by atoms with Crippen LogP contribution in [0.1, 0.15) is 25.5 Å². The highest BCUT2D eigenvalue weighted by Crippen LogP contribution is 2.13. The molecule has 0 spiro atoms. The quantitative estimate of drug-likeness (QED) is 0.766. The predicted octanol–water partition coefficient (Wildman–Crippen LogP) is 1.76. The van der Waals surface area contributed by atoms with Crippen LogP contribution < -0.4 is 10.1 Å². The Balaban J connectivity index is 2.67. The van der Waals surface area contributed by atoms with Crippen molar-refractivity contribution in [3.63, 3.8) is 0 Å². The molecule has 1 aromatic heterocycles. The van der Waals surface area contributed by atoms with Crippen LogP contribution in [0.2, 0.25) is 0 Å². The second-order valence-corrected chi connectivity index (χ2v) is 2.91. The maximum absolute atomic E-state index is 4.98. The standard InChI is InChI=1S/C10H16N2O/c1-4-11-8(2)9-5-6-10(13-3)12-7-9/h5-8,11H,4H2,1-3H3. The zero-order chi connectivity index (χ0) is 9.68. The van der Waals surface area contributed by atoms with Crippen LogP contribution in [-0.2, 0) is 0 Å². The van der Waals surface area contributed by atoms with Crippen molar-refractivity contribution in [2.45, 2.75) is 19.9 Å². The summed E-state index contributed by atoms with van der Waals surface area (Å²) in [6, 6.07) is 4.26. The largest absolute Gasteiger partial charge is 0.481 e. The summed E-state index contributed by atoms with van der Waals surface area (Å²) in [6.07, 6.45) is 1.84. The van der Waals surface area contributed by atoms with E-state index in [2.05, 4.69) is 24.1 Å². The lowest BCUT2D eigenvalue weighted by molar-refractivity contribution is 0.397. The van der Waals surface area contributed by atoms with Crippen LogP contribution in [0, 0.1) is 0 Å². The number of methoxy groups -OCH3 is 1. The summed E-state index contributed by atoms with van der Waals surface area (Å²) in [6.45, 7) is 5.17. The molecule has 0 aliphatic carbocycles. The minimum Gasteiger partial charge on any atom is -0.481 e. The first-order valence-electron chi connectivity index (χ1n) is 4.51. The van der Waals surface area contributed by atoms with E-state index in [1.165, 1.54) is 5.56 Å². The number of hydrogen-bond acceptors (Lipinski definition) is 3. The lowest BCUT2D eigenvalue weighted by atomic mass is 10.1. The number of aromatic nitrogens is 1. The van der Waals surface area contributed by atoms with Crippen LogP contribution in [0.25, 0.3) is 0 Å². The van der Waals surface area contributed by atoms with Gasteiger partial charge in [-0.25, -0.2) is 4.98 Å². The molecule has 0 saturated heterocycles. The molecule has 0 aliphatic heterocycles. The summed E-state index contributed by atoms with van der Waals surface area (Å²) in [5.41, 5.74) is 1.18. The minimum atomic E-state index is 0.350. The number of ether oxygens (including phenoxy) is 1. The van der Waals surface area contributed by atoms with Gasteiger partial charge in [-0.2, -0.15) is 0 Å². The van der Waals surface area contributed by atoms with E-state index in [9.17, 15) is 0 Å². The van der Waals surface area contributed by atoms with Gasteiger partial charge in [-0.3, -0.25) is 0 Å². The smallest absolute Gasteiger partial charge is 0.212 e. The molecule has 0 bridgehead atoms. The third-order valence-electron chi connectivity index (χ3n) is 1.98. The van der Waals surface area contributed by atoms with Crippen molar-refractivity contribution in [1.82, 2.24) is 10.3 Å². The van der Waals surface area contributed by atoms with Crippen molar-refractivity contribution in [3.05, 3.63) is 23.9 Å². The van der Waals surface area contributed by atoms with E-state index >= 15 is 0 Å². The average Bonchev–Trinajstić information content (AvgIpc) is 2.18. The van der Waals surface area contributed by atoms with Gasteiger partial charge < -0.3 is 10.1 Å². The number of hydrogen-bond donors (Lipinski definition) is 1. The van der Waals surface area contributed by atoms with Gasteiger partial charge in [0.05, 0.1) is 7.11 Å². The van der Waals surface area contributed by atoms with Crippen LogP contribution >= 0.6 is 0 Å². The van der Waals surface area contributed by atoms with Crippen molar-refractivity contribution < 1.29 is 4.74 Å². The van der Waals surface area contributed by atoms with Crippen LogP contribution in [0.4, 0.5) is 0 Å². The van der Waals surface area contributed by atoms with E-state index in [-0.39, 0.29) is 0 Å². The minimum absolute atomic E-state index is 0.350. The molecule has 0 radical (unpaired) electrons. The predicted molar refractivity (Wildman–Crippen MR) is 52.9 cm³/mol. The average molecular weight is 180 g/mol. The molecule has 72 valence electrons. The van der Waals surface area contributed by atoms with Gasteiger partial charge in [-0.15, -0.1) is 0 Å². The van der Waals surface area contributed by atoms with Gasteiger partial charge in [0.15, 0.2) is 0 Å². The van der Waals surface area contributed by atoms with Crippen LogP contribution in [0.15, 0.2) is 18.3 Å². The highest BCUT2D eigenvalue weighted by atomic mass is 16.5. The second-order valence-electron chi connectivity index (χ2n) is 2.91. The monoisotopic (exact) mass is 180 g/mol. The van der Waals surface area contributed by atoms with E-state index in [1.54, 1.807) is 7.11 Å². The molecule has 0 aromatic carbocycles. The van der Waals surface area contributed by atoms with Gasteiger partial charge in [0.25, 0.3) is 0 Å².